The van der Waals surface area contributed by atoms with Crippen LogP contribution in [-0.4, -0.2) is 6.21 Å². The van der Waals surface area contributed by atoms with E-state index in [2.05, 4.69) is 39.1 Å². The molecular weight excluding hydrogens is 393 g/mol. The Balaban J connectivity index is 1.83. The van der Waals surface area contributed by atoms with Crippen LogP contribution in [0, 0.1) is 19.7 Å². The van der Waals surface area contributed by atoms with Crippen LogP contribution in [0.3, 0.4) is 0 Å². The van der Waals surface area contributed by atoms with Gasteiger partial charge in [-0.15, -0.1) is 0 Å². The molecule has 0 spiro atoms. The molecule has 0 N–H and O–H groups in total. The van der Waals surface area contributed by atoms with Crippen molar-refractivity contribution in [1.82, 2.24) is 0 Å². The van der Waals surface area contributed by atoms with Crippen molar-refractivity contribution >= 4 is 27.8 Å². The summed E-state index contributed by atoms with van der Waals surface area (Å²) >= 11 is 3.49. The quantitative estimate of drug-likeness (QED) is 0.437. The Morgan fingerprint density at radius 3 is 2.69 bits per heavy atom. The molecule has 0 unspecified atom stereocenters. The minimum Gasteiger partial charge on any atom is -0.488 e. The van der Waals surface area contributed by atoms with E-state index < -0.39 is 0 Å². The lowest BCUT2D eigenvalue weighted by Gasteiger charge is -2.10. The zero-order valence-corrected chi connectivity index (χ0v) is 16.3. The van der Waals surface area contributed by atoms with Crippen molar-refractivity contribution in [3.05, 3.63) is 93.2 Å². The van der Waals surface area contributed by atoms with Crippen LogP contribution in [0.2, 0.25) is 0 Å². The monoisotopic (exact) mass is 411 g/mol. The van der Waals surface area contributed by atoms with Gasteiger partial charge in [-0.3, -0.25) is 4.99 Å². The molecule has 0 fully saturated rings. The van der Waals surface area contributed by atoms with Crippen molar-refractivity contribution in [3.8, 4) is 5.75 Å². The topological polar surface area (TPSA) is 21.6 Å². The predicted octanol–water partition coefficient (Wildman–Crippen LogP) is 6.53. The molecule has 3 aromatic carbocycles. The fourth-order valence-electron chi connectivity index (χ4n) is 2.54. The van der Waals surface area contributed by atoms with Gasteiger partial charge in [-0.25, -0.2) is 4.39 Å². The third kappa shape index (κ3) is 4.79. The SMILES string of the molecule is Cc1ccc(C)c(N=Cc2cc(Br)ccc2OCc2cccc(F)c2)c1. The van der Waals surface area contributed by atoms with Crippen molar-refractivity contribution in [3.63, 3.8) is 0 Å². The maximum atomic E-state index is 13.3. The van der Waals surface area contributed by atoms with E-state index in [0.717, 1.165) is 26.9 Å². The minimum absolute atomic E-state index is 0.265. The molecule has 0 saturated carbocycles. The van der Waals surface area contributed by atoms with E-state index in [4.69, 9.17) is 4.74 Å². The van der Waals surface area contributed by atoms with Crippen molar-refractivity contribution in [2.45, 2.75) is 20.5 Å². The van der Waals surface area contributed by atoms with Gasteiger partial charge in [0.05, 0.1) is 5.69 Å². The first-order valence-corrected chi connectivity index (χ1v) is 9.09. The molecule has 0 saturated heterocycles. The van der Waals surface area contributed by atoms with Crippen molar-refractivity contribution in [2.24, 2.45) is 4.99 Å². The second-order valence-corrected chi connectivity index (χ2v) is 7.06. The van der Waals surface area contributed by atoms with E-state index in [1.807, 2.05) is 38.1 Å². The van der Waals surface area contributed by atoms with Crippen LogP contribution < -0.4 is 4.74 Å². The average Bonchev–Trinajstić information content (AvgIpc) is 2.62. The maximum Gasteiger partial charge on any atom is 0.128 e. The van der Waals surface area contributed by atoms with Crippen LogP contribution in [0.5, 0.6) is 5.75 Å². The van der Waals surface area contributed by atoms with Gasteiger partial charge in [-0.2, -0.15) is 0 Å². The fraction of sp³-hybridized carbons (Fsp3) is 0.136. The lowest BCUT2D eigenvalue weighted by Crippen LogP contribution is -1.99. The van der Waals surface area contributed by atoms with Gasteiger partial charge >= 0.3 is 0 Å². The van der Waals surface area contributed by atoms with Crippen molar-refractivity contribution in [2.75, 3.05) is 0 Å². The van der Waals surface area contributed by atoms with Crippen LogP contribution in [0.25, 0.3) is 0 Å². The van der Waals surface area contributed by atoms with E-state index in [9.17, 15) is 4.39 Å². The maximum absolute atomic E-state index is 13.3. The summed E-state index contributed by atoms with van der Waals surface area (Å²) in [6, 6.07) is 18.3. The fourth-order valence-corrected chi connectivity index (χ4v) is 2.92. The zero-order valence-electron chi connectivity index (χ0n) is 14.7. The van der Waals surface area contributed by atoms with Crippen LogP contribution in [0.1, 0.15) is 22.3 Å². The third-order valence-corrected chi connectivity index (χ3v) is 4.46. The highest BCUT2D eigenvalue weighted by Crippen LogP contribution is 2.25. The van der Waals surface area contributed by atoms with E-state index in [0.29, 0.717) is 12.4 Å². The second-order valence-electron chi connectivity index (χ2n) is 6.15. The molecule has 0 heterocycles. The lowest BCUT2D eigenvalue weighted by molar-refractivity contribution is 0.305. The normalized spacial score (nSPS) is 11.1. The molecule has 132 valence electrons. The number of aliphatic imine (C=N–C) groups is 1. The number of nitrogens with zero attached hydrogens (tertiary/aromatic N) is 1. The van der Waals surface area contributed by atoms with Gasteiger partial charge in [-0.1, -0.05) is 40.2 Å². The van der Waals surface area contributed by atoms with Crippen molar-refractivity contribution in [1.29, 1.82) is 0 Å². The summed E-state index contributed by atoms with van der Waals surface area (Å²) in [7, 11) is 0. The first kappa shape index (κ1) is 18.3. The van der Waals surface area contributed by atoms with Gasteiger partial charge in [0, 0.05) is 16.3 Å². The highest BCUT2D eigenvalue weighted by Gasteiger charge is 2.05. The number of halogens is 2. The molecule has 0 amide bonds. The Bertz CT molecular complexity index is 953. The van der Waals surface area contributed by atoms with Crippen LogP contribution >= 0.6 is 15.9 Å². The molecule has 0 aromatic heterocycles. The molecule has 26 heavy (non-hydrogen) atoms. The van der Waals surface area contributed by atoms with E-state index in [-0.39, 0.29) is 5.82 Å². The summed E-state index contributed by atoms with van der Waals surface area (Å²) in [5, 5.41) is 0. The second kappa shape index (κ2) is 8.28. The summed E-state index contributed by atoms with van der Waals surface area (Å²) in [5.74, 6) is 0.435. The van der Waals surface area contributed by atoms with E-state index in [1.165, 1.54) is 17.7 Å². The number of hydrogen-bond acceptors (Lipinski definition) is 2. The van der Waals surface area contributed by atoms with Gasteiger partial charge in [0.25, 0.3) is 0 Å². The molecule has 3 aromatic rings. The molecular formula is C22H19BrFNO. The number of aryl methyl sites for hydroxylation is 2. The minimum atomic E-state index is -0.265. The Hall–Kier alpha value is -2.46. The zero-order chi connectivity index (χ0) is 18.5. The summed E-state index contributed by atoms with van der Waals surface area (Å²) < 4.78 is 20.2. The number of hydrogen-bond donors (Lipinski definition) is 0. The number of benzene rings is 3. The number of rotatable bonds is 5. The van der Waals surface area contributed by atoms with Crippen LogP contribution in [0.4, 0.5) is 10.1 Å². The summed E-state index contributed by atoms with van der Waals surface area (Å²) in [6.07, 6.45) is 1.80. The molecule has 0 aliphatic heterocycles. The standard InChI is InChI=1S/C22H19BrFNO/c1-15-6-7-16(2)21(10-15)25-13-18-12-19(23)8-9-22(18)26-14-17-4-3-5-20(24)11-17/h3-13H,14H2,1-2H3. The molecule has 0 atom stereocenters. The first-order valence-electron chi connectivity index (χ1n) is 8.29. The molecule has 0 aliphatic rings. The van der Waals surface area contributed by atoms with Crippen molar-refractivity contribution < 1.29 is 9.13 Å². The summed E-state index contributed by atoms with van der Waals surface area (Å²) in [6.45, 7) is 4.38. The van der Waals surface area contributed by atoms with Crippen LogP contribution in [0.15, 0.2) is 70.1 Å². The molecule has 0 radical (unpaired) electrons. The largest absolute Gasteiger partial charge is 0.488 e. The molecule has 0 bridgehead atoms. The Labute approximate surface area is 161 Å². The van der Waals surface area contributed by atoms with Gasteiger partial charge in [0.1, 0.15) is 18.2 Å². The van der Waals surface area contributed by atoms with Gasteiger partial charge in [0.2, 0.25) is 0 Å². The van der Waals surface area contributed by atoms with E-state index >= 15 is 0 Å². The Morgan fingerprint density at radius 2 is 1.88 bits per heavy atom. The summed E-state index contributed by atoms with van der Waals surface area (Å²) in [4.78, 5) is 4.62. The smallest absolute Gasteiger partial charge is 0.128 e. The first-order chi connectivity index (χ1) is 12.5. The van der Waals surface area contributed by atoms with Crippen LogP contribution in [-0.2, 0) is 6.61 Å². The van der Waals surface area contributed by atoms with E-state index in [1.54, 1.807) is 12.3 Å². The Morgan fingerprint density at radius 1 is 1.04 bits per heavy atom. The molecule has 3 rings (SSSR count). The average molecular weight is 412 g/mol. The van der Waals surface area contributed by atoms with Gasteiger partial charge in [0.15, 0.2) is 0 Å². The third-order valence-electron chi connectivity index (χ3n) is 3.96. The lowest BCUT2D eigenvalue weighted by atomic mass is 10.1. The Kier molecular flexibility index (Phi) is 5.84. The predicted molar refractivity (Wildman–Crippen MR) is 108 cm³/mol. The molecule has 2 nitrogen and oxygen atoms in total. The molecule has 0 aliphatic carbocycles. The number of ether oxygens (including phenoxy) is 1. The highest BCUT2D eigenvalue weighted by atomic mass is 79.9. The highest BCUT2D eigenvalue weighted by molar-refractivity contribution is 9.10. The van der Waals surface area contributed by atoms with Gasteiger partial charge < -0.3 is 4.74 Å². The van der Waals surface area contributed by atoms with Gasteiger partial charge in [-0.05, 0) is 66.9 Å². The molecule has 4 heteroatoms. The summed E-state index contributed by atoms with van der Waals surface area (Å²) in [5.41, 5.74) is 4.85.